The molecule has 2 aromatic rings. The van der Waals surface area contributed by atoms with Crippen molar-refractivity contribution in [1.29, 1.82) is 0 Å². The Morgan fingerprint density at radius 2 is 2.00 bits per heavy atom. The summed E-state index contributed by atoms with van der Waals surface area (Å²) in [6, 6.07) is 10.0. The minimum Gasteiger partial charge on any atom is -0.508 e. The molecule has 1 amide bonds. The zero-order valence-corrected chi connectivity index (χ0v) is 12.1. The van der Waals surface area contributed by atoms with Gasteiger partial charge in [-0.25, -0.2) is 0 Å². The summed E-state index contributed by atoms with van der Waals surface area (Å²) in [5.41, 5.74) is 13.2. The van der Waals surface area contributed by atoms with Gasteiger partial charge in [0.05, 0.1) is 5.56 Å². The molecule has 20 heavy (non-hydrogen) atoms. The molecule has 0 saturated carbocycles. The number of phenolic OH excluding ortho intramolecular Hbond substituents is 1. The number of amides is 1. The number of carbonyl (C=O) groups excluding carboxylic acids is 1. The highest BCUT2D eigenvalue weighted by Gasteiger charge is 2.09. The molecule has 0 heterocycles. The van der Waals surface area contributed by atoms with E-state index in [1.807, 2.05) is 0 Å². The van der Waals surface area contributed by atoms with Crippen molar-refractivity contribution in [2.24, 2.45) is 5.73 Å². The minimum absolute atomic E-state index is 0.143. The number of benzene rings is 2. The third-order valence-corrected chi connectivity index (χ3v) is 3.31. The number of primary amides is 1. The van der Waals surface area contributed by atoms with Crippen LogP contribution in [-0.4, -0.2) is 11.0 Å². The van der Waals surface area contributed by atoms with Crippen LogP contribution in [0.1, 0.15) is 15.9 Å². The van der Waals surface area contributed by atoms with Crippen LogP contribution in [0.5, 0.6) is 5.75 Å². The fourth-order valence-corrected chi connectivity index (χ4v) is 2.17. The first-order valence-electron chi connectivity index (χ1n) is 5.88. The summed E-state index contributed by atoms with van der Waals surface area (Å²) in [7, 11) is 0. The lowest BCUT2D eigenvalue weighted by molar-refractivity contribution is 0.100. The van der Waals surface area contributed by atoms with Crippen molar-refractivity contribution in [2.75, 3.05) is 11.1 Å². The van der Waals surface area contributed by atoms with Crippen molar-refractivity contribution in [3.05, 3.63) is 52.0 Å². The van der Waals surface area contributed by atoms with Crippen LogP contribution in [-0.2, 0) is 6.54 Å². The molecule has 2 rings (SSSR count). The predicted octanol–water partition coefficient (Wildman–Crippen LogP) is 2.45. The van der Waals surface area contributed by atoms with Crippen molar-refractivity contribution in [2.45, 2.75) is 6.54 Å². The molecule has 0 radical (unpaired) electrons. The van der Waals surface area contributed by atoms with Gasteiger partial charge in [-0.2, -0.15) is 0 Å². The molecule has 0 aromatic heterocycles. The fourth-order valence-electron chi connectivity index (χ4n) is 1.81. The number of halogens is 1. The minimum atomic E-state index is -0.523. The third kappa shape index (κ3) is 3.21. The van der Waals surface area contributed by atoms with Gasteiger partial charge in [0.15, 0.2) is 0 Å². The maximum absolute atomic E-state index is 11.4. The summed E-state index contributed by atoms with van der Waals surface area (Å²) in [6.45, 7) is 0.332. The Kier molecular flexibility index (Phi) is 4.14. The molecule has 0 aliphatic heterocycles. The van der Waals surface area contributed by atoms with Crippen molar-refractivity contribution < 1.29 is 9.90 Å². The molecule has 0 fully saturated rings. The molecule has 0 aliphatic rings. The molecule has 0 bridgehead atoms. The van der Waals surface area contributed by atoms with Gasteiger partial charge in [-0.3, -0.25) is 4.79 Å². The first-order valence-corrected chi connectivity index (χ1v) is 6.67. The molecule has 6 N–H and O–H groups in total. The average molecular weight is 336 g/mol. The Labute approximate surface area is 124 Å². The van der Waals surface area contributed by atoms with E-state index in [0.29, 0.717) is 29.0 Å². The highest BCUT2D eigenvalue weighted by molar-refractivity contribution is 9.10. The lowest BCUT2D eigenvalue weighted by Gasteiger charge is -2.12. The fraction of sp³-hybridized carbons (Fsp3) is 0.0714. The number of nitrogens with one attached hydrogen (secondary N) is 1. The van der Waals surface area contributed by atoms with Gasteiger partial charge in [0.2, 0.25) is 0 Å². The summed E-state index contributed by atoms with van der Waals surface area (Å²) in [4.78, 5) is 11.4. The van der Waals surface area contributed by atoms with Gasteiger partial charge in [-0.15, -0.1) is 0 Å². The van der Waals surface area contributed by atoms with Crippen molar-refractivity contribution in [3.8, 4) is 5.75 Å². The molecule has 0 unspecified atom stereocenters. The quantitative estimate of drug-likeness (QED) is 0.509. The summed E-state index contributed by atoms with van der Waals surface area (Å²) in [6.07, 6.45) is 0. The highest BCUT2D eigenvalue weighted by Crippen LogP contribution is 2.24. The van der Waals surface area contributed by atoms with E-state index in [2.05, 4.69) is 21.2 Å². The van der Waals surface area contributed by atoms with Gasteiger partial charge >= 0.3 is 0 Å². The smallest absolute Gasteiger partial charge is 0.250 e. The first-order chi connectivity index (χ1) is 9.47. The van der Waals surface area contributed by atoms with Crippen molar-refractivity contribution in [1.82, 2.24) is 0 Å². The Bertz CT molecular complexity index is 659. The van der Waals surface area contributed by atoms with E-state index in [9.17, 15) is 9.90 Å². The average Bonchev–Trinajstić information content (AvgIpc) is 2.40. The lowest BCUT2D eigenvalue weighted by atomic mass is 10.1. The first kappa shape index (κ1) is 14.2. The highest BCUT2D eigenvalue weighted by atomic mass is 79.9. The maximum Gasteiger partial charge on any atom is 0.250 e. The summed E-state index contributed by atoms with van der Waals surface area (Å²) in [5.74, 6) is -0.380. The van der Waals surface area contributed by atoms with Gasteiger partial charge in [0.25, 0.3) is 5.91 Å². The summed E-state index contributed by atoms with van der Waals surface area (Å²) in [5, 5.41) is 12.8. The van der Waals surface area contributed by atoms with Crippen LogP contribution in [0.25, 0.3) is 0 Å². The summed E-state index contributed by atoms with van der Waals surface area (Å²) >= 11 is 3.29. The number of hydrogen-bond acceptors (Lipinski definition) is 4. The Morgan fingerprint density at radius 3 is 2.70 bits per heavy atom. The van der Waals surface area contributed by atoms with Crippen molar-refractivity contribution in [3.63, 3.8) is 0 Å². The van der Waals surface area contributed by atoms with Gasteiger partial charge in [0.1, 0.15) is 5.75 Å². The number of rotatable bonds is 4. The number of anilines is 2. The van der Waals surface area contributed by atoms with Gasteiger partial charge in [-0.1, -0.05) is 15.9 Å². The number of phenols is 1. The molecule has 0 spiro atoms. The topological polar surface area (TPSA) is 101 Å². The van der Waals surface area contributed by atoms with Crippen LogP contribution < -0.4 is 16.8 Å². The largest absolute Gasteiger partial charge is 0.508 e. The number of nitrogen functional groups attached to an aromatic ring is 1. The Morgan fingerprint density at radius 1 is 1.25 bits per heavy atom. The molecule has 6 heteroatoms. The van der Waals surface area contributed by atoms with Gasteiger partial charge in [0, 0.05) is 28.0 Å². The second-order valence-electron chi connectivity index (χ2n) is 4.30. The van der Waals surface area contributed by atoms with E-state index < -0.39 is 5.91 Å². The van der Waals surface area contributed by atoms with Gasteiger partial charge < -0.3 is 21.9 Å². The van der Waals surface area contributed by atoms with Crippen LogP contribution in [0, 0.1) is 0 Å². The van der Waals surface area contributed by atoms with E-state index in [1.165, 1.54) is 6.07 Å². The molecule has 5 nitrogen and oxygen atoms in total. The van der Waals surface area contributed by atoms with E-state index >= 15 is 0 Å². The van der Waals surface area contributed by atoms with Gasteiger partial charge in [-0.05, 0) is 36.4 Å². The molecule has 2 aromatic carbocycles. The summed E-state index contributed by atoms with van der Waals surface area (Å²) < 4.78 is 0.767. The predicted molar refractivity (Wildman–Crippen MR) is 82.5 cm³/mol. The zero-order valence-electron chi connectivity index (χ0n) is 10.6. The van der Waals surface area contributed by atoms with Crippen LogP contribution in [0.3, 0.4) is 0 Å². The number of carbonyl (C=O) groups is 1. The molecular formula is C14H14BrN3O2. The van der Waals surface area contributed by atoms with Crippen LogP contribution in [0.15, 0.2) is 40.9 Å². The normalized spacial score (nSPS) is 10.2. The number of aromatic hydroxyl groups is 1. The molecule has 104 valence electrons. The standard InChI is InChI=1S/C14H14BrN3O2/c15-9-1-3-12(11(6-9)14(17)20)18-7-8-5-10(16)2-4-13(8)19/h1-6,18-19H,7,16H2,(H2,17,20). The van der Waals surface area contributed by atoms with Crippen LogP contribution in [0.2, 0.25) is 0 Å². The SMILES string of the molecule is NC(=O)c1cc(Br)ccc1NCc1cc(N)ccc1O. The molecule has 0 atom stereocenters. The Hall–Kier alpha value is -2.21. The van der Waals surface area contributed by atoms with Crippen LogP contribution >= 0.6 is 15.9 Å². The van der Waals surface area contributed by atoms with Crippen LogP contribution in [0.4, 0.5) is 11.4 Å². The monoisotopic (exact) mass is 335 g/mol. The molecular weight excluding hydrogens is 322 g/mol. The second-order valence-corrected chi connectivity index (χ2v) is 5.21. The lowest BCUT2D eigenvalue weighted by Crippen LogP contribution is -2.14. The van der Waals surface area contributed by atoms with E-state index in [4.69, 9.17) is 11.5 Å². The molecule has 0 saturated heterocycles. The van der Waals surface area contributed by atoms with Crippen molar-refractivity contribution >= 4 is 33.2 Å². The zero-order chi connectivity index (χ0) is 14.7. The van der Waals surface area contributed by atoms with E-state index in [0.717, 1.165) is 4.47 Å². The second kappa shape index (κ2) is 5.83. The van der Waals surface area contributed by atoms with E-state index in [-0.39, 0.29) is 5.75 Å². The van der Waals surface area contributed by atoms with E-state index in [1.54, 1.807) is 30.3 Å². The maximum atomic E-state index is 11.4. The third-order valence-electron chi connectivity index (χ3n) is 2.82. The number of nitrogens with two attached hydrogens (primary N) is 2. The molecule has 0 aliphatic carbocycles. The Balaban J connectivity index is 2.23. The number of hydrogen-bond donors (Lipinski definition) is 4.